The third kappa shape index (κ3) is 3.30. The van der Waals surface area contributed by atoms with Crippen molar-refractivity contribution in [2.75, 3.05) is 6.54 Å². The van der Waals surface area contributed by atoms with Gasteiger partial charge in [-0.3, -0.25) is 4.79 Å². The predicted octanol–water partition coefficient (Wildman–Crippen LogP) is 2.30. The summed E-state index contributed by atoms with van der Waals surface area (Å²) in [5.74, 6) is 0.0537. The maximum atomic E-state index is 12.0. The molecule has 0 saturated heterocycles. The van der Waals surface area contributed by atoms with E-state index in [9.17, 15) is 4.79 Å². The minimum atomic E-state index is -0.441. The van der Waals surface area contributed by atoms with Gasteiger partial charge in [0.15, 0.2) is 0 Å². The summed E-state index contributed by atoms with van der Waals surface area (Å²) in [6.07, 6.45) is 1.77. The molecule has 1 aromatic rings. The lowest BCUT2D eigenvalue weighted by atomic mass is 9.87. The molecule has 0 bridgehead atoms. The quantitative estimate of drug-likeness (QED) is 0.818. The Morgan fingerprint density at radius 1 is 1.53 bits per heavy atom. The second-order valence-electron chi connectivity index (χ2n) is 4.52. The summed E-state index contributed by atoms with van der Waals surface area (Å²) in [4.78, 5) is 13.3. The van der Waals surface area contributed by atoms with E-state index < -0.39 is 5.41 Å². The van der Waals surface area contributed by atoms with Gasteiger partial charge >= 0.3 is 0 Å². The highest BCUT2D eigenvalue weighted by atomic mass is 32.1. The first-order chi connectivity index (χ1) is 8.07. The Morgan fingerprint density at radius 3 is 2.76 bits per heavy atom. The van der Waals surface area contributed by atoms with E-state index in [1.807, 2.05) is 13.8 Å². The van der Waals surface area contributed by atoms with Crippen LogP contribution in [0.2, 0.25) is 0 Å². The number of hydrogen-bond donors (Lipinski definition) is 2. The molecule has 1 rings (SSSR count). The first kappa shape index (κ1) is 14.2. The topological polar surface area (TPSA) is 55.1 Å². The molecule has 1 amide bonds. The Balaban J connectivity index is 2.59. The lowest BCUT2D eigenvalue weighted by molar-refractivity contribution is -0.130. The second kappa shape index (κ2) is 6.17. The molecular formula is C13H22N2OS. The van der Waals surface area contributed by atoms with E-state index in [1.54, 1.807) is 11.3 Å². The fourth-order valence-corrected chi connectivity index (χ4v) is 2.52. The van der Waals surface area contributed by atoms with Gasteiger partial charge in [0.2, 0.25) is 5.91 Å². The lowest BCUT2D eigenvalue weighted by Crippen LogP contribution is -2.43. The van der Waals surface area contributed by atoms with Gasteiger partial charge in [0.25, 0.3) is 0 Å². The molecule has 0 fully saturated rings. The van der Waals surface area contributed by atoms with Crippen molar-refractivity contribution in [3.8, 4) is 0 Å². The van der Waals surface area contributed by atoms with Crippen LogP contribution in [-0.4, -0.2) is 12.5 Å². The highest BCUT2D eigenvalue weighted by Gasteiger charge is 2.29. The van der Waals surface area contributed by atoms with E-state index in [-0.39, 0.29) is 5.91 Å². The van der Waals surface area contributed by atoms with Crippen molar-refractivity contribution in [2.45, 2.75) is 40.2 Å². The molecule has 3 N–H and O–H groups in total. The molecule has 0 saturated carbocycles. The molecule has 3 nitrogen and oxygen atoms in total. The van der Waals surface area contributed by atoms with E-state index in [0.29, 0.717) is 13.1 Å². The minimum Gasteiger partial charge on any atom is -0.351 e. The first-order valence-electron chi connectivity index (χ1n) is 6.11. The number of nitrogens with one attached hydrogen (secondary N) is 1. The lowest BCUT2D eigenvalue weighted by Gasteiger charge is -2.24. The second-order valence-corrected chi connectivity index (χ2v) is 5.52. The summed E-state index contributed by atoms with van der Waals surface area (Å²) in [6.45, 7) is 7.05. The Hall–Kier alpha value is -0.870. The zero-order valence-electron chi connectivity index (χ0n) is 10.9. The maximum absolute atomic E-state index is 12.0. The first-order valence-corrected chi connectivity index (χ1v) is 6.99. The van der Waals surface area contributed by atoms with Crippen LogP contribution in [0.25, 0.3) is 0 Å². The van der Waals surface area contributed by atoms with Crippen molar-refractivity contribution >= 4 is 17.2 Å². The van der Waals surface area contributed by atoms with Crippen LogP contribution in [-0.2, 0) is 17.8 Å². The molecule has 1 atom stereocenters. The fraction of sp³-hybridized carbons (Fsp3) is 0.615. The van der Waals surface area contributed by atoms with Crippen molar-refractivity contribution in [1.29, 1.82) is 0 Å². The van der Waals surface area contributed by atoms with Gasteiger partial charge in [-0.2, -0.15) is 0 Å². The van der Waals surface area contributed by atoms with E-state index in [4.69, 9.17) is 5.73 Å². The minimum absolute atomic E-state index is 0.0537. The maximum Gasteiger partial charge on any atom is 0.227 e. The highest BCUT2D eigenvalue weighted by molar-refractivity contribution is 7.10. The molecule has 0 aliphatic rings. The monoisotopic (exact) mass is 254 g/mol. The van der Waals surface area contributed by atoms with Gasteiger partial charge in [0.05, 0.1) is 12.0 Å². The van der Waals surface area contributed by atoms with Crippen LogP contribution in [0.4, 0.5) is 0 Å². The summed E-state index contributed by atoms with van der Waals surface area (Å²) < 4.78 is 0. The Bertz CT molecular complexity index is 369. The predicted molar refractivity (Wildman–Crippen MR) is 73.0 cm³/mol. The average Bonchev–Trinajstić information content (AvgIpc) is 2.82. The molecule has 0 aromatic carbocycles. The normalized spacial score (nSPS) is 14.4. The zero-order chi connectivity index (χ0) is 12.9. The third-order valence-corrected chi connectivity index (χ3v) is 4.37. The summed E-state index contributed by atoms with van der Waals surface area (Å²) in [5.41, 5.74) is 6.55. The van der Waals surface area contributed by atoms with Gasteiger partial charge in [0.1, 0.15) is 0 Å². The van der Waals surface area contributed by atoms with Gasteiger partial charge < -0.3 is 11.1 Å². The number of nitrogens with two attached hydrogens (primary N) is 1. The van der Waals surface area contributed by atoms with E-state index in [0.717, 1.165) is 12.8 Å². The molecule has 1 unspecified atom stereocenters. The third-order valence-electron chi connectivity index (χ3n) is 3.41. The summed E-state index contributed by atoms with van der Waals surface area (Å²) >= 11 is 1.70. The van der Waals surface area contributed by atoms with Gasteiger partial charge in [-0.15, -0.1) is 11.3 Å². The Morgan fingerprint density at radius 2 is 2.24 bits per heavy atom. The highest BCUT2D eigenvalue weighted by Crippen LogP contribution is 2.21. The van der Waals surface area contributed by atoms with Crippen molar-refractivity contribution in [3.63, 3.8) is 0 Å². The van der Waals surface area contributed by atoms with E-state index >= 15 is 0 Å². The number of aryl methyl sites for hydroxylation is 1. The van der Waals surface area contributed by atoms with E-state index in [1.165, 1.54) is 10.4 Å². The number of thiophene rings is 1. The Kier molecular flexibility index (Phi) is 5.15. The molecule has 1 aromatic heterocycles. The van der Waals surface area contributed by atoms with Crippen LogP contribution in [0.3, 0.4) is 0 Å². The van der Waals surface area contributed by atoms with Gasteiger partial charge in [-0.25, -0.2) is 0 Å². The average molecular weight is 254 g/mol. The number of amides is 1. The molecule has 17 heavy (non-hydrogen) atoms. The fourth-order valence-electron chi connectivity index (χ4n) is 1.61. The Labute approximate surface area is 107 Å². The number of carbonyl (C=O) groups excluding carboxylic acids is 1. The van der Waals surface area contributed by atoms with Crippen LogP contribution < -0.4 is 11.1 Å². The van der Waals surface area contributed by atoms with Crippen LogP contribution in [0.1, 0.15) is 37.6 Å². The molecule has 0 spiro atoms. The molecule has 4 heteroatoms. The van der Waals surface area contributed by atoms with Crippen molar-refractivity contribution < 1.29 is 4.79 Å². The SMILES string of the molecule is CCc1ccsc1CNC(=O)C(C)(CC)CN. The smallest absolute Gasteiger partial charge is 0.227 e. The van der Waals surface area contributed by atoms with Crippen molar-refractivity contribution in [3.05, 3.63) is 21.9 Å². The largest absolute Gasteiger partial charge is 0.351 e. The van der Waals surface area contributed by atoms with Crippen LogP contribution in [0.15, 0.2) is 11.4 Å². The summed E-state index contributed by atoms with van der Waals surface area (Å²) in [6, 6.07) is 2.12. The molecular weight excluding hydrogens is 232 g/mol. The van der Waals surface area contributed by atoms with Crippen LogP contribution in [0.5, 0.6) is 0 Å². The standard InChI is InChI=1S/C13H22N2OS/c1-4-10-6-7-17-11(10)8-15-12(16)13(3,5-2)9-14/h6-7H,4-5,8-9,14H2,1-3H3,(H,15,16). The van der Waals surface area contributed by atoms with Crippen molar-refractivity contribution in [1.82, 2.24) is 5.32 Å². The molecule has 0 aliphatic carbocycles. The number of hydrogen-bond acceptors (Lipinski definition) is 3. The molecule has 0 aliphatic heterocycles. The molecule has 0 radical (unpaired) electrons. The van der Waals surface area contributed by atoms with E-state index in [2.05, 4.69) is 23.7 Å². The summed E-state index contributed by atoms with van der Waals surface area (Å²) in [5, 5.41) is 5.07. The summed E-state index contributed by atoms with van der Waals surface area (Å²) in [7, 11) is 0. The number of carbonyl (C=O) groups is 1. The molecule has 96 valence electrons. The van der Waals surface area contributed by atoms with Gasteiger partial charge in [-0.05, 0) is 36.8 Å². The van der Waals surface area contributed by atoms with Gasteiger partial charge in [0, 0.05) is 11.4 Å². The van der Waals surface area contributed by atoms with Gasteiger partial charge in [-0.1, -0.05) is 13.8 Å². The van der Waals surface area contributed by atoms with Crippen LogP contribution in [0, 0.1) is 5.41 Å². The number of rotatable bonds is 6. The van der Waals surface area contributed by atoms with Crippen molar-refractivity contribution in [2.24, 2.45) is 11.1 Å². The molecule has 1 heterocycles. The van der Waals surface area contributed by atoms with Crippen LogP contribution >= 0.6 is 11.3 Å². The zero-order valence-corrected chi connectivity index (χ0v) is 11.7.